The standard InChI is InChI=1S/C14H10F5NO/c15-9-3-8(4-10(16)6-9)5-13(21)11-7-20-2-1-12(11)14(17,18)19/h1-4,6-7,13,21H,5H2. The molecular weight excluding hydrogens is 293 g/mol. The molecule has 1 heterocycles. The molecule has 2 aromatic rings. The minimum absolute atomic E-state index is 0.0528. The highest BCUT2D eigenvalue weighted by atomic mass is 19.4. The minimum Gasteiger partial charge on any atom is -0.388 e. The largest absolute Gasteiger partial charge is 0.416 e. The topological polar surface area (TPSA) is 33.1 Å². The molecule has 7 heteroatoms. The average Bonchev–Trinajstić information content (AvgIpc) is 2.36. The van der Waals surface area contributed by atoms with Crippen LogP contribution in [0.25, 0.3) is 0 Å². The van der Waals surface area contributed by atoms with Crippen molar-refractivity contribution in [2.75, 3.05) is 0 Å². The van der Waals surface area contributed by atoms with Gasteiger partial charge < -0.3 is 5.11 Å². The van der Waals surface area contributed by atoms with Gasteiger partial charge in [0.05, 0.1) is 11.7 Å². The normalized spacial score (nSPS) is 13.2. The zero-order valence-electron chi connectivity index (χ0n) is 10.5. The number of aromatic nitrogens is 1. The van der Waals surface area contributed by atoms with Gasteiger partial charge in [0, 0.05) is 30.4 Å². The summed E-state index contributed by atoms with van der Waals surface area (Å²) < 4.78 is 64.5. The summed E-state index contributed by atoms with van der Waals surface area (Å²) in [6.07, 6.45) is -4.73. The molecule has 0 aliphatic carbocycles. The molecule has 112 valence electrons. The molecule has 2 rings (SSSR count). The van der Waals surface area contributed by atoms with E-state index in [1.165, 1.54) is 0 Å². The second-order valence-corrected chi connectivity index (χ2v) is 4.46. The maximum Gasteiger partial charge on any atom is 0.416 e. The molecule has 1 N–H and O–H groups in total. The lowest BCUT2D eigenvalue weighted by atomic mass is 9.98. The van der Waals surface area contributed by atoms with Gasteiger partial charge in [-0.25, -0.2) is 8.78 Å². The van der Waals surface area contributed by atoms with Crippen LogP contribution in [0.5, 0.6) is 0 Å². The average molecular weight is 303 g/mol. The maximum atomic E-state index is 13.0. The fourth-order valence-corrected chi connectivity index (χ4v) is 1.99. The van der Waals surface area contributed by atoms with E-state index in [0.29, 0.717) is 6.07 Å². The SMILES string of the molecule is OC(Cc1cc(F)cc(F)c1)c1cnccc1C(F)(F)F. The second-order valence-electron chi connectivity index (χ2n) is 4.46. The predicted octanol–water partition coefficient (Wildman–Crippen LogP) is 3.65. The molecular formula is C14H10F5NO. The zero-order chi connectivity index (χ0) is 15.6. The van der Waals surface area contributed by atoms with E-state index in [2.05, 4.69) is 4.98 Å². The lowest BCUT2D eigenvalue weighted by Gasteiger charge is -2.17. The van der Waals surface area contributed by atoms with Crippen LogP contribution in [0.15, 0.2) is 36.7 Å². The molecule has 0 saturated heterocycles. The smallest absolute Gasteiger partial charge is 0.388 e. The molecule has 1 unspecified atom stereocenters. The van der Waals surface area contributed by atoms with E-state index in [-0.39, 0.29) is 12.0 Å². The Labute approximate surface area is 116 Å². The van der Waals surface area contributed by atoms with Crippen molar-refractivity contribution in [2.45, 2.75) is 18.7 Å². The quantitative estimate of drug-likeness (QED) is 0.878. The first-order valence-electron chi connectivity index (χ1n) is 5.91. The molecule has 21 heavy (non-hydrogen) atoms. The number of hydrogen-bond acceptors (Lipinski definition) is 2. The Morgan fingerprint density at radius 2 is 1.71 bits per heavy atom. The van der Waals surface area contributed by atoms with Gasteiger partial charge in [0.25, 0.3) is 0 Å². The summed E-state index contributed by atoms with van der Waals surface area (Å²) in [5.41, 5.74) is -1.41. The van der Waals surface area contributed by atoms with E-state index in [0.717, 1.165) is 30.6 Å². The van der Waals surface area contributed by atoms with Crippen LogP contribution in [0, 0.1) is 11.6 Å². The van der Waals surface area contributed by atoms with Gasteiger partial charge in [-0.3, -0.25) is 4.98 Å². The summed E-state index contributed by atoms with van der Waals surface area (Å²) in [5.74, 6) is -1.72. The number of nitrogens with zero attached hydrogens (tertiary/aromatic N) is 1. The Kier molecular flexibility index (Phi) is 4.22. The number of pyridine rings is 1. The van der Waals surface area contributed by atoms with Crippen molar-refractivity contribution in [3.05, 3.63) is 65.0 Å². The van der Waals surface area contributed by atoms with Crippen LogP contribution >= 0.6 is 0 Å². The number of aliphatic hydroxyl groups is 1. The van der Waals surface area contributed by atoms with E-state index in [1.807, 2.05) is 0 Å². The van der Waals surface area contributed by atoms with Crippen molar-refractivity contribution in [2.24, 2.45) is 0 Å². The Morgan fingerprint density at radius 1 is 1.10 bits per heavy atom. The molecule has 1 aromatic heterocycles. The van der Waals surface area contributed by atoms with Gasteiger partial charge >= 0.3 is 6.18 Å². The van der Waals surface area contributed by atoms with Crippen molar-refractivity contribution in [3.63, 3.8) is 0 Å². The van der Waals surface area contributed by atoms with Gasteiger partial charge in [-0.05, 0) is 23.8 Å². The Balaban J connectivity index is 2.31. The molecule has 0 aliphatic heterocycles. The number of alkyl halides is 3. The Morgan fingerprint density at radius 3 is 2.29 bits per heavy atom. The van der Waals surface area contributed by atoms with Crippen LogP contribution in [0.1, 0.15) is 22.8 Å². The summed E-state index contributed by atoms with van der Waals surface area (Å²) in [6.45, 7) is 0. The van der Waals surface area contributed by atoms with Crippen molar-refractivity contribution in [1.29, 1.82) is 0 Å². The minimum atomic E-state index is -4.65. The van der Waals surface area contributed by atoms with Crippen LogP contribution in [0.3, 0.4) is 0 Å². The summed E-state index contributed by atoms with van der Waals surface area (Å²) in [7, 11) is 0. The first-order valence-corrected chi connectivity index (χ1v) is 5.91. The van der Waals surface area contributed by atoms with Gasteiger partial charge in [-0.15, -0.1) is 0 Å². The number of aliphatic hydroxyl groups excluding tert-OH is 1. The van der Waals surface area contributed by atoms with Crippen LogP contribution < -0.4 is 0 Å². The lowest BCUT2D eigenvalue weighted by molar-refractivity contribution is -0.139. The van der Waals surface area contributed by atoms with E-state index >= 15 is 0 Å². The van der Waals surface area contributed by atoms with Gasteiger partial charge in [0.2, 0.25) is 0 Å². The van der Waals surface area contributed by atoms with E-state index < -0.39 is 35.0 Å². The lowest BCUT2D eigenvalue weighted by Crippen LogP contribution is -2.14. The molecule has 0 amide bonds. The van der Waals surface area contributed by atoms with Crippen LogP contribution in [0.2, 0.25) is 0 Å². The molecule has 0 saturated carbocycles. The summed E-state index contributed by atoms with van der Waals surface area (Å²) in [4.78, 5) is 3.55. The monoisotopic (exact) mass is 303 g/mol. The number of benzene rings is 1. The second kappa shape index (κ2) is 5.77. The van der Waals surface area contributed by atoms with Gasteiger partial charge in [-0.2, -0.15) is 13.2 Å². The van der Waals surface area contributed by atoms with Gasteiger partial charge in [0.1, 0.15) is 11.6 Å². The highest BCUT2D eigenvalue weighted by Crippen LogP contribution is 2.34. The first-order chi connectivity index (χ1) is 9.77. The van der Waals surface area contributed by atoms with Crippen molar-refractivity contribution in [3.8, 4) is 0 Å². The molecule has 2 nitrogen and oxygen atoms in total. The van der Waals surface area contributed by atoms with Gasteiger partial charge in [0.15, 0.2) is 0 Å². The van der Waals surface area contributed by atoms with Crippen LogP contribution in [-0.4, -0.2) is 10.1 Å². The van der Waals surface area contributed by atoms with Crippen molar-refractivity contribution in [1.82, 2.24) is 4.98 Å². The van der Waals surface area contributed by atoms with E-state index in [9.17, 15) is 27.1 Å². The highest BCUT2D eigenvalue weighted by molar-refractivity contribution is 5.30. The number of rotatable bonds is 3. The van der Waals surface area contributed by atoms with E-state index in [4.69, 9.17) is 0 Å². The number of halogens is 5. The van der Waals surface area contributed by atoms with Gasteiger partial charge in [-0.1, -0.05) is 0 Å². The third-order valence-electron chi connectivity index (χ3n) is 2.87. The maximum absolute atomic E-state index is 13.0. The molecule has 0 fully saturated rings. The van der Waals surface area contributed by atoms with Crippen LogP contribution in [0.4, 0.5) is 22.0 Å². The molecule has 1 atom stereocenters. The zero-order valence-corrected chi connectivity index (χ0v) is 10.5. The predicted molar refractivity (Wildman–Crippen MR) is 64.3 cm³/mol. The summed E-state index contributed by atoms with van der Waals surface area (Å²) in [6, 6.07) is 3.29. The summed E-state index contributed by atoms with van der Waals surface area (Å²) >= 11 is 0. The van der Waals surface area contributed by atoms with Crippen LogP contribution in [-0.2, 0) is 12.6 Å². The van der Waals surface area contributed by atoms with E-state index in [1.54, 1.807) is 0 Å². The highest BCUT2D eigenvalue weighted by Gasteiger charge is 2.35. The number of hydrogen-bond donors (Lipinski definition) is 1. The third kappa shape index (κ3) is 3.75. The molecule has 0 radical (unpaired) electrons. The molecule has 1 aromatic carbocycles. The molecule has 0 aliphatic rings. The molecule has 0 spiro atoms. The Hall–Kier alpha value is -2.02. The summed E-state index contributed by atoms with van der Waals surface area (Å²) in [5, 5.41) is 9.92. The first kappa shape index (κ1) is 15.4. The fraction of sp³-hybridized carbons (Fsp3) is 0.214. The van der Waals surface area contributed by atoms with Crippen molar-refractivity contribution >= 4 is 0 Å². The van der Waals surface area contributed by atoms with Crippen molar-refractivity contribution < 1.29 is 27.1 Å². The third-order valence-corrected chi connectivity index (χ3v) is 2.87. The Bertz CT molecular complexity index is 621. The molecule has 0 bridgehead atoms. The fourth-order valence-electron chi connectivity index (χ4n) is 1.99.